The van der Waals surface area contributed by atoms with E-state index in [1.54, 1.807) is 23.1 Å². The van der Waals surface area contributed by atoms with Gasteiger partial charge in [-0.2, -0.15) is 0 Å². The number of carbonyl (C=O) groups is 2. The molecule has 0 atom stereocenters. The quantitative estimate of drug-likeness (QED) is 0.794. The van der Waals surface area contributed by atoms with E-state index < -0.39 is 0 Å². The minimum absolute atomic E-state index is 0.0571. The summed E-state index contributed by atoms with van der Waals surface area (Å²) < 4.78 is 0. The van der Waals surface area contributed by atoms with Crippen LogP contribution in [0.15, 0.2) is 18.2 Å². The van der Waals surface area contributed by atoms with Crippen LogP contribution in [-0.2, 0) is 4.79 Å². The van der Waals surface area contributed by atoms with E-state index in [0.717, 1.165) is 25.7 Å². The van der Waals surface area contributed by atoms with Gasteiger partial charge in [0.05, 0.1) is 10.0 Å². The first-order chi connectivity index (χ1) is 11.6. The Bertz CT molecular complexity index is 621. The number of hydrogen-bond acceptors (Lipinski definition) is 2. The van der Waals surface area contributed by atoms with Crippen LogP contribution in [0.2, 0.25) is 10.0 Å². The topological polar surface area (TPSA) is 40.6 Å². The van der Waals surface area contributed by atoms with Crippen LogP contribution in [-0.4, -0.2) is 47.8 Å². The number of benzene rings is 1. The molecule has 0 N–H and O–H groups in total. The van der Waals surface area contributed by atoms with Crippen LogP contribution in [0.3, 0.4) is 0 Å². The fourth-order valence-electron chi connectivity index (χ4n) is 3.55. The SMILES string of the molecule is O=C(c1ccc(Cl)c(Cl)c1)N1CCN(C(=O)C2CCCCC2)CC1. The Morgan fingerprint density at radius 3 is 2.12 bits per heavy atom. The van der Waals surface area contributed by atoms with Crippen molar-refractivity contribution in [3.8, 4) is 0 Å². The molecule has 0 unspecified atom stereocenters. The lowest BCUT2D eigenvalue weighted by molar-refractivity contribution is -0.138. The van der Waals surface area contributed by atoms with Crippen molar-refractivity contribution >= 4 is 35.0 Å². The molecule has 2 aliphatic rings. The van der Waals surface area contributed by atoms with Gasteiger partial charge in [0.25, 0.3) is 5.91 Å². The van der Waals surface area contributed by atoms with E-state index in [1.807, 2.05) is 4.90 Å². The van der Waals surface area contributed by atoms with E-state index in [9.17, 15) is 9.59 Å². The second-order valence-corrected chi connectivity index (χ2v) is 7.40. The molecule has 0 spiro atoms. The Labute approximate surface area is 152 Å². The zero-order chi connectivity index (χ0) is 17.1. The van der Waals surface area contributed by atoms with E-state index in [2.05, 4.69) is 0 Å². The molecule has 0 bridgehead atoms. The highest BCUT2D eigenvalue weighted by Gasteiger charge is 2.30. The molecular formula is C18H22Cl2N2O2. The van der Waals surface area contributed by atoms with Crippen LogP contribution in [0.25, 0.3) is 0 Å². The third-order valence-corrected chi connectivity index (χ3v) is 5.74. The zero-order valence-electron chi connectivity index (χ0n) is 13.6. The summed E-state index contributed by atoms with van der Waals surface area (Å²) in [4.78, 5) is 28.8. The molecule has 1 aromatic rings. The number of carbonyl (C=O) groups excluding carboxylic acids is 2. The summed E-state index contributed by atoms with van der Waals surface area (Å²) in [5, 5.41) is 0.824. The molecule has 4 nitrogen and oxygen atoms in total. The molecule has 3 rings (SSSR count). The van der Waals surface area contributed by atoms with Gasteiger partial charge in [-0.3, -0.25) is 9.59 Å². The van der Waals surface area contributed by atoms with Crippen molar-refractivity contribution in [1.29, 1.82) is 0 Å². The number of rotatable bonds is 2. The molecule has 1 saturated heterocycles. The number of hydrogen-bond donors (Lipinski definition) is 0. The van der Waals surface area contributed by atoms with Crippen molar-refractivity contribution in [3.63, 3.8) is 0 Å². The monoisotopic (exact) mass is 368 g/mol. The molecule has 24 heavy (non-hydrogen) atoms. The standard InChI is InChI=1S/C18H22Cl2N2O2/c19-15-7-6-14(12-16(15)20)18(24)22-10-8-21(9-11-22)17(23)13-4-2-1-3-5-13/h6-7,12-13H,1-5,8-11H2. The summed E-state index contributed by atoms with van der Waals surface area (Å²) in [7, 11) is 0. The fourth-order valence-corrected chi connectivity index (χ4v) is 3.85. The highest BCUT2D eigenvalue weighted by Crippen LogP contribution is 2.26. The predicted molar refractivity (Wildman–Crippen MR) is 95.5 cm³/mol. The molecular weight excluding hydrogens is 347 g/mol. The molecule has 1 aliphatic carbocycles. The molecule has 1 saturated carbocycles. The number of halogens is 2. The third-order valence-electron chi connectivity index (χ3n) is 5.00. The van der Waals surface area contributed by atoms with Crippen LogP contribution in [0.1, 0.15) is 42.5 Å². The average Bonchev–Trinajstić information content (AvgIpc) is 2.63. The Morgan fingerprint density at radius 1 is 0.875 bits per heavy atom. The van der Waals surface area contributed by atoms with E-state index >= 15 is 0 Å². The smallest absolute Gasteiger partial charge is 0.254 e. The highest BCUT2D eigenvalue weighted by molar-refractivity contribution is 6.42. The van der Waals surface area contributed by atoms with Crippen molar-refractivity contribution in [2.24, 2.45) is 5.92 Å². The van der Waals surface area contributed by atoms with Crippen molar-refractivity contribution in [2.45, 2.75) is 32.1 Å². The normalized spacial score (nSPS) is 19.4. The van der Waals surface area contributed by atoms with Crippen molar-refractivity contribution in [3.05, 3.63) is 33.8 Å². The molecule has 1 aromatic carbocycles. The third kappa shape index (κ3) is 3.86. The van der Waals surface area contributed by atoms with Gasteiger partial charge in [-0.15, -0.1) is 0 Å². The van der Waals surface area contributed by atoms with Crippen LogP contribution >= 0.6 is 23.2 Å². The summed E-state index contributed by atoms with van der Waals surface area (Å²) >= 11 is 11.9. The van der Waals surface area contributed by atoms with Gasteiger partial charge in [0.1, 0.15) is 0 Å². The number of amides is 2. The van der Waals surface area contributed by atoms with Crippen molar-refractivity contribution < 1.29 is 9.59 Å². The number of piperazine rings is 1. The largest absolute Gasteiger partial charge is 0.339 e. The Kier molecular flexibility index (Phi) is 5.67. The summed E-state index contributed by atoms with van der Waals surface area (Å²) in [5.74, 6) is 0.408. The van der Waals surface area contributed by atoms with Gasteiger partial charge in [-0.1, -0.05) is 42.5 Å². The lowest BCUT2D eigenvalue weighted by atomic mass is 9.88. The zero-order valence-corrected chi connectivity index (χ0v) is 15.2. The maximum Gasteiger partial charge on any atom is 0.254 e. The van der Waals surface area contributed by atoms with Gasteiger partial charge in [0.2, 0.25) is 5.91 Å². The van der Waals surface area contributed by atoms with E-state index in [-0.39, 0.29) is 17.7 Å². The highest BCUT2D eigenvalue weighted by atomic mass is 35.5. The van der Waals surface area contributed by atoms with Crippen LogP contribution in [0.4, 0.5) is 0 Å². The Morgan fingerprint density at radius 2 is 1.50 bits per heavy atom. The molecule has 1 heterocycles. The van der Waals surface area contributed by atoms with Crippen LogP contribution in [0, 0.1) is 5.92 Å². The second kappa shape index (κ2) is 7.75. The molecule has 130 valence electrons. The fraction of sp³-hybridized carbons (Fsp3) is 0.556. The first kappa shape index (κ1) is 17.6. The van der Waals surface area contributed by atoms with Gasteiger partial charge in [0.15, 0.2) is 0 Å². The maximum absolute atomic E-state index is 12.6. The summed E-state index contributed by atoms with van der Waals surface area (Å²) in [6.07, 6.45) is 5.59. The van der Waals surface area contributed by atoms with Gasteiger partial charge in [0, 0.05) is 37.7 Å². The predicted octanol–water partition coefficient (Wildman–Crippen LogP) is 3.86. The van der Waals surface area contributed by atoms with E-state index in [4.69, 9.17) is 23.2 Å². The molecule has 1 aliphatic heterocycles. The summed E-state index contributed by atoms with van der Waals surface area (Å²) in [6, 6.07) is 4.93. The Balaban J connectivity index is 1.57. The molecule has 2 fully saturated rings. The first-order valence-corrected chi connectivity index (χ1v) is 9.35. The van der Waals surface area contributed by atoms with Gasteiger partial charge in [-0.05, 0) is 31.0 Å². The Hall–Kier alpha value is -1.26. The van der Waals surface area contributed by atoms with Crippen molar-refractivity contribution in [1.82, 2.24) is 9.80 Å². The lowest BCUT2D eigenvalue weighted by Gasteiger charge is -2.37. The van der Waals surface area contributed by atoms with Crippen LogP contribution in [0.5, 0.6) is 0 Å². The van der Waals surface area contributed by atoms with Gasteiger partial charge < -0.3 is 9.80 Å². The van der Waals surface area contributed by atoms with Crippen molar-refractivity contribution in [2.75, 3.05) is 26.2 Å². The molecule has 6 heteroatoms. The van der Waals surface area contributed by atoms with Gasteiger partial charge >= 0.3 is 0 Å². The van der Waals surface area contributed by atoms with Crippen LogP contribution < -0.4 is 0 Å². The minimum Gasteiger partial charge on any atom is -0.339 e. The molecule has 0 radical (unpaired) electrons. The maximum atomic E-state index is 12.6. The summed E-state index contributed by atoms with van der Waals surface area (Å²) in [5.41, 5.74) is 0.538. The van der Waals surface area contributed by atoms with E-state index in [1.165, 1.54) is 6.42 Å². The molecule has 2 amide bonds. The number of nitrogens with zero attached hydrogens (tertiary/aromatic N) is 2. The molecule has 0 aromatic heterocycles. The van der Waals surface area contributed by atoms with Gasteiger partial charge in [-0.25, -0.2) is 0 Å². The summed E-state index contributed by atoms with van der Waals surface area (Å²) in [6.45, 7) is 2.36. The first-order valence-electron chi connectivity index (χ1n) is 8.59. The second-order valence-electron chi connectivity index (χ2n) is 6.58. The van der Waals surface area contributed by atoms with E-state index in [0.29, 0.717) is 41.8 Å². The lowest BCUT2D eigenvalue weighted by Crippen LogP contribution is -2.52. The minimum atomic E-state index is -0.0571. The average molecular weight is 369 g/mol.